The Labute approximate surface area is 164 Å². The third kappa shape index (κ3) is 5.12. The molecule has 2 amide bonds. The molecule has 0 saturated heterocycles. The number of nitrogens with one attached hydrogen (secondary N) is 2. The van der Waals surface area contributed by atoms with Crippen LogP contribution < -0.4 is 34.3 Å². The van der Waals surface area contributed by atoms with E-state index in [1.54, 1.807) is 30.3 Å². The molecule has 8 nitrogen and oxygen atoms in total. The van der Waals surface area contributed by atoms with E-state index in [4.69, 9.17) is 23.7 Å². The van der Waals surface area contributed by atoms with Crippen molar-refractivity contribution in [1.29, 1.82) is 0 Å². The van der Waals surface area contributed by atoms with Crippen LogP contribution in [0, 0.1) is 0 Å². The second kappa shape index (κ2) is 10.1. The SMILES string of the molecule is CCOc1ccc(NC(=O)Nc2cc(OC)c(OC)c(OC)c2)cc1OCC. The van der Waals surface area contributed by atoms with Crippen molar-refractivity contribution in [2.24, 2.45) is 0 Å². The van der Waals surface area contributed by atoms with Gasteiger partial charge in [0.25, 0.3) is 0 Å². The van der Waals surface area contributed by atoms with E-state index < -0.39 is 6.03 Å². The van der Waals surface area contributed by atoms with Crippen molar-refractivity contribution in [2.45, 2.75) is 13.8 Å². The Kier molecular flexibility index (Phi) is 7.62. The van der Waals surface area contributed by atoms with E-state index in [1.165, 1.54) is 21.3 Å². The Morgan fingerprint density at radius 3 is 1.82 bits per heavy atom. The fourth-order valence-corrected chi connectivity index (χ4v) is 2.58. The molecule has 0 atom stereocenters. The maximum absolute atomic E-state index is 12.4. The predicted molar refractivity (Wildman–Crippen MR) is 108 cm³/mol. The third-order valence-corrected chi connectivity index (χ3v) is 3.72. The van der Waals surface area contributed by atoms with Crippen LogP contribution in [0.25, 0.3) is 0 Å². The molecule has 0 heterocycles. The summed E-state index contributed by atoms with van der Waals surface area (Å²) in [7, 11) is 4.54. The summed E-state index contributed by atoms with van der Waals surface area (Å²) in [5, 5.41) is 5.51. The van der Waals surface area contributed by atoms with Gasteiger partial charge in [0.15, 0.2) is 23.0 Å². The Bertz CT molecular complexity index is 784. The van der Waals surface area contributed by atoms with Crippen LogP contribution in [0.2, 0.25) is 0 Å². The van der Waals surface area contributed by atoms with Crippen LogP contribution in [-0.4, -0.2) is 40.6 Å². The third-order valence-electron chi connectivity index (χ3n) is 3.72. The average Bonchev–Trinajstić information content (AvgIpc) is 2.69. The lowest BCUT2D eigenvalue weighted by Crippen LogP contribution is -2.19. The number of carbonyl (C=O) groups excluding carboxylic acids is 1. The van der Waals surface area contributed by atoms with Crippen molar-refractivity contribution in [3.8, 4) is 28.7 Å². The van der Waals surface area contributed by atoms with E-state index in [9.17, 15) is 4.79 Å². The standard InChI is InChI=1S/C20H26N2O6/c1-6-27-15-9-8-13(10-16(15)28-7-2)21-20(23)22-14-11-17(24-3)19(26-5)18(12-14)25-4/h8-12H,6-7H2,1-5H3,(H2,21,22,23). The maximum Gasteiger partial charge on any atom is 0.323 e. The van der Waals surface area contributed by atoms with E-state index in [2.05, 4.69) is 10.6 Å². The minimum absolute atomic E-state index is 0.430. The van der Waals surface area contributed by atoms with Crippen molar-refractivity contribution >= 4 is 17.4 Å². The number of rotatable bonds is 9. The second-order valence-electron chi connectivity index (χ2n) is 5.52. The highest BCUT2D eigenvalue weighted by atomic mass is 16.5. The molecule has 28 heavy (non-hydrogen) atoms. The first-order valence-corrected chi connectivity index (χ1v) is 8.83. The summed E-state index contributed by atoms with van der Waals surface area (Å²) >= 11 is 0. The van der Waals surface area contributed by atoms with Gasteiger partial charge in [0, 0.05) is 23.9 Å². The number of hydrogen-bond donors (Lipinski definition) is 2. The molecule has 0 aromatic heterocycles. The van der Waals surface area contributed by atoms with Gasteiger partial charge in [-0.2, -0.15) is 0 Å². The molecular formula is C20H26N2O6. The topological polar surface area (TPSA) is 87.3 Å². The molecule has 2 aromatic rings. The normalized spacial score (nSPS) is 10.0. The number of anilines is 2. The highest BCUT2D eigenvalue weighted by Crippen LogP contribution is 2.40. The summed E-state index contributed by atoms with van der Waals surface area (Å²) in [6, 6.07) is 8.06. The lowest BCUT2D eigenvalue weighted by molar-refractivity contribution is 0.262. The summed E-state index contributed by atoms with van der Waals surface area (Å²) in [6.07, 6.45) is 0. The molecule has 0 unspecified atom stereocenters. The molecule has 152 valence electrons. The first kappa shape index (κ1) is 21.0. The van der Waals surface area contributed by atoms with Gasteiger partial charge >= 0.3 is 6.03 Å². The minimum Gasteiger partial charge on any atom is -0.493 e. The number of ether oxygens (including phenoxy) is 5. The zero-order valence-electron chi connectivity index (χ0n) is 16.8. The van der Waals surface area contributed by atoms with Crippen LogP contribution in [0.1, 0.15) is 13.8 Å². The smallest absolute Gasteiger partial charge is 0.323 e. The Morgan fingerprint density at radius 1 is 0.750 bits per heavy atom. The highest BCUT2D eigenvalue weighted by Gasteiger charge is 2.15. The average molecular weight is 390 g/mol. The Hall–Kier alpha value is -3.29. The van der Waals surface area contributed by atoms with Crippen LogP contribution in [0.3, 0.4) is 0 Å². The number of carbonyl (C=O) groups is 1. The number of amides is 2. The van der Waals surface area contributed by atoms with Gasteiger partial charge in [0.1, 0.15) is 0 Å². The first-order valence-electron chi connectivity index (χ1n) is 8.83. The molecule has 0 saturated carbocycles. The van der Waals surface area contributed by atoms with Gasteiger partial charge in [0.05, 0.1) is 40.2 Å². The summed E-state index contributed by atoms with van der Waals surface area (Å²) < 4.78 is 27.0. The molecule has 0 aliphatic carbocycles. The maximum atomic E-state index is 12.4. The monoisotopic (exact) mass is 390 g/mol. The summed E-state index contributed by atoms with van der Waals surface area (Å²) in [5.41, 5.74) is 1.06. The van der Waals surface area contributed by atoms with Crippen molar-refractivity contribution < 1.29 is 28.5 Å². The Balaban J connectivity index is 2.17. The molecule has 2 N–H and O–H groups in total. The van der Waals surface area contributed by atoms with Gasteiger partial charge < -0.3 is 34.3 Å². The summed E-state index contributed by atoms with van der Waals surface area (Å²) in [6.45, 7) is 4.79. The zero-order chi connectivity index (χ0) is 20.5. The highest BCUT2D eigenvalue weighted by molar-refractivity contribution is 6.00. The molecule has 0 spiro atoms. The molecule has 2 rings (SSSR count). The first-order chi connectivity index (χ1) is 13.6. The van der Waals surface area contributed by atoms with Crippen LogP contribution in [-0.2, 0) is 0 Å². The van der Waals surface area contributed by atoms with Crippen molar-refractivity contribution in [3.05, 3.63) is 30.3 Å². The second-order valence-corrected chi connectivity index (χ2v) is 5.52. The molecule has 8 heteroatoms. The molecule has 0 radical (unpaired) electrons. The van der Waals surface area contributed by atoms with E-state index >= 15 is 0 Å². The van der Waals surface area contributed by atoms with Crippen LogP contribution >= 0.6 is 0 Å². The predicted octanol–water partition coefficient (Wildman–Crippen LogP) is 4.15. The van der Waals surface area contributed by atoms with E-state index in [-0.39, 0.29) is 0 Å². The van der Waals surface area contributed by atoms with Gasteiger partial charge in [-0.05, 0) is 26.0 Å². The van der Waals surface area contributed by atoms with Gasteiger partial charge in [-0.1, -0.05) is 0 Å². The molecule has 0 bridgehead atoms. The minimum atomic E-state index is -0.430. The fourth-order valence-electron chi connectivity index (χ4n) is 2.58. The lowest BCUT2D eigenvalue weighted by Gasteiger charge is -2.15. The number of hydrogen-bond acceptors (Lipinski definition) is 6. The van der Waals surface area contributed by atoms with Crippen molar-refractivity contribution in [3.63, 3.8) is 0 Å². The molecule has 0 fully saturated rings. The van der Waals surface area contributed by atoms with Crippen molar-refractivity contribution in [2.75, 3.05) is 45.2 Å². The van der Waals surface area contributed by atoms with Gasteiger partial charge in [-0.25, -0.2) is 4.79 Å². The molecule has 0 aliphatic rings. The summed E-state index contributed by atoms with van der Waals surface area (Å²) in [4.78, 5) is 12.4. The van der Waals surface area contributed by atoms with Crippen LogP contribution in [0.15, 0.2) is 30.3 Å². The largest absolute Gasteiger partial charge is 0.493 e. The van der Waals surface area contributed by atoms with Gasteiger partial charge in [-0.3, -0.25) is 0 Å². The molecular weight excluding hydrogens is 364 g/mol. The quantitative estimate of drug-likeness (QED) is 0.669. The van der Waals surface area contributed by atoms with E-state index in [0.717, 1.165) is 0 Å². The number of benzene rings is 2. The van der Waals surface area contributed by atoms with Crippen LogP contribution in [0.5, 0.6) is 28.7 Å². The van der Waals surface area contributed by atoms with Crippen LogP contribution in [0.4, 0.5) is 16.2 Å². The number of methoxy groups -OCH3 is 3. The Morgan fingerprint density at radius 2 is 1.29 bits per heavy atom. The van der Waals surface area contributed by atoms with E-state index in [0.29, 0.717) is 53.3 Å². The lowest BCUT2D eigenvalue weighted by atomic mass is 10.2. The van der Waals surface area contributed by atoms with Gasteiger partial charge in [0.2, 0.25) is 5.75 Å². The van der Waals surface area contributed by atoms with E-state index in [1.807, 2.05) is 13.8 Å². The molecule has 0 aliphatic heterocycles. The fraction of sp³-hybridized carbons (Fsp3) is 0.350. The zero-order valence-corrected chi connectivity index (χ0v) is 16.8. The van der Waals surface area contributed by atoms with Crippen molar-refractivity contribution in [1.82, 2.24) is 0 Å². The van der Waals surface area contributed by atoms with Gasteiger partial charge in [-0.15, -0.1) is 0 Å². The summed E-state index contributed by atoms with van der Waals surface area (Å²) in [5.74, 6) is 2.52. The number of urea groups is 1. The molecule has 2 aromatic carbocycles.